The van der Waals surface area contributed by atoms with E-state index in [0.29, 0.717) is 0 Å². The van der Waals surface area contributed by atoms with Gasteiger partial charge in [0, 0.05) is 0 Å². The number of rotatable bonds is 0. The number of halogens is 2. The molecule has 0 atom stereocenters. The lowest BCUT2D eigenvalue weighted by Crippen LogP contribution is -1.20. The molecule has 0 spiro atoms. The zero-order chi connectivity index (χ0) is 6.12. The maximum Gasteiger partial charge on any atom is -0.0000330 e. The molecule has 0 aromatic heterocycles. The van der Waals surface area contributed by atoms with Crippen molar-refractivity contribution in [3.05, 3.63) is 23.7 Å². The predicted octanol–water partition coefficient (Wildman–Crippen LogP) is 3.13. The summed E-state index contributed by atoms with van der Waals surface area (Å²) in [5.74, 6) is 0. The average molecular weight is 139 g/mol. The third-order valence-corrected chi connectivity index (χ3v) is 0.378. The van der Waals surface area contributed by atoms with Gasteiger partial charge in [-0.3, -0.25) is 0 Å². The van der Waals surface area contributed by atoms with Gasteiger partial charge in [0.1, 0.15) is 0 Å². The van der Waals surface area contributed by atoms with Gasteiger partial charge in [0.25, 0.3) is 0 Å². The molecule has 0 heterocycles. The van der Waals surface area contributed by atoms with Crippen LogP contribution >= 0.6 is 23.2 Å². The minimum Gasteiger partial charge on any atom is -0.0936 e. The maximum atomic E-state index is 5.01. The molecule has 0 aliphatic rings. The van der Waals surface area contributed by atoms with Gasteiger partial charge in [0.15, 0.2) is 0 Å². The Morgan fingerprint density at radius 3 is 1.57 bits per heavy atom. The summed E-state index contributed by atoms with van der Waals surface area (Å²) in [5.41, 5.74) is 2.69. The van der Waals surface area contributed by atoms with Crippen LogP contribution in [0.2, 0.25) is 0 Å². The number of hydrogen-bond donors (Lipinski definition) is 0. The van der Waals surface area contributed by atoms with E-state index < -0.39 is 0 Å². The number of hydrogen-bond acceptors (Lipinski definition) is 0. The van der Waals surface area contributed by atoms with Crippen LogP contribution in [0.3, 0.4) is 0 Å². The molecule has 0 nitrogen and oxygen atoms in total. The molecule has 0 amide bonds. The van der Waals surface area contributed by atoms with E-state index in [-0.39, 0.29) is 0 Å². The first-order valence-corrected chi connectivity index (χ1v) is 2.63. The van der Waals surface area contributed by atoms with E-state index in [1.54, 1.807) is 6.08 Å². The molecule has 0 fully saturated rings. The summed E-state index contributed by atoms with van der Waals surface area (Å²) in [5, 5.41) is 0. The lowest BCUT2D eigenvalue weighted by atomic mass is 10.8. The highest BCUT2D eigenvalue weighted by Crippen LogP contribution is 1.70. The van der Waals surface area contributed by atoms with Crippen LogP contribution in [0.1, 0.15) is 6.92 Å². The standard InChI is InChI=1S/C3H5Cl.C2H3Cl/c1-2-3-4;1-2-3/h2-3H,1H3;2H,1H2. The zero-order valence-electron chi connectivity index (χ0n) is 4.20. The molecule has 0 rings (SSSR count). The zero-order valence-corrected chi connectivity index (χ0v) is 5.71. The summed E-state index contributed by atoms with van der Waals surface area (Å²) >= 11 is 9.77. The van der Waals surface area contributed by atoms with Crippen LogP contribution in [0.4, 0.5) is 0 Å². The van der Waals surface area contributed by atoms with Gasteiger partial charge in [-0.2, -0.15) is 0 Å². The van der Waals surface area contributed by atoms with Gasteiger partial charge in [0.2, 0.25) is 0 Å². The van der Waals surface area contributed by atoms with Crippen LogP contribution in [-0.4, -0.2) is 0 Å². The van der Waals surface area contributed by atoms with Gasteiger partial charge in [-0.15, -0.1) is 0 Å². The van der Waals surface area contributed by atoms with Gasteiger partial charge in [-0.05, 0) is 18.0 Å². The minimum atomic E-state index is 1.22. The van der Waals surface area contributed by atoms with Crippen molar-refractivity contribution in [2.75, 3.05) is 0 Å². The van der Waals surface area contributed by atoms with Crippen molar-refractivity contribution in [1.29, 1.82) is 0 Å². The number of allylic oxidation sites excluding steroid dienone is 1. The molecule has 0 aromatic carbocycles. The Balaban J connectivity index is 0. The highest BCUT2D eigenvalue weighted by Gasteiger charge is 1.37. The van der Waals surface area contributed by atoms with E-state index in [4.69, 9.17) is 23.2 Å². The van der Waals surface area contributed by atoms with E-state index in [9.17, 15) is 0 Å². The molecular formula is C5H8Cl2. The molecule has 0 unspecified atom stereocenters. The highest BCUT2D eigenvalue weighted by molar-refractivity contribution is 6.25. The van der Waals surface area contributed by atoms with Crippen LogP contribution in [0.5, 0.6) is 0 Å². The summed E-state index contributed by atoms with van der Waals surface area (Å²) in [6.45, 7) is 4.99. The largest absolute Gasteiger partial charge is 0.0936 e. The second-order valence-electron chi connectivity index (χ2n) is 0.614. The fourth-order valence-electron chi connectivity index (χ4n) is 0. The fraction of sp³-hybridized carbons (Fsp3) is 0.200. The van der Waals surface area contributed by atoms with Crippen molar-refractivity contribution in [3.8, 4) is 0 Å². The Morgan fingerprint density at radius 2 is 1.57 bits per heavy atom. The first kappa shape index (κ1) is 10.1. The molecule has 0 radical (unpaired) electrons. The first-order valence-electron chi connectivity index (χ1n) is 1.76. The quantitative estimate of drug-likeness (QED) is 0.483. The Hall–Kier alpha value is 0.0600. The normalized spacial score (nSPS) is 7.29. The molecule has 0 saturated heterocycles. The van der Waals surface area contributed by atoms with E-state index in [2.05, 4.69) is 6.58 Å². The van der Waals surface area contributed by atoms with E-state index in [1.807, 2.05) is 6.92 Å². The van der Waals surface area contributed by atoms with E-state index in [1.165, 1.54) is 11.1 Å². The maximum absolute atomic E-state index is 5.01. The second-order valence-corrected chi connectivity index (χ2v) is 1.17. The van der Waals surface area contributed by atoms with Crippen LogP contribution in [0, 0.1) is 0 Å². The lowest BCUT2D eigenvalue weighted by molar-refractivity contribution is 1.78. The van der Waals surface area contributed by atoms with Crippen LogP contribution in [0.15, 0.2) is 23.7 Å². The molecule has 0 aliphatic heterocycles. The second kappa shape index (κ2) is 16.6. The average Bonchev–Trinajstić information content (AvgIpc) is 1.69. The fourth-order valence-corrected chi connectivity index (χ4v) is 0. The minimum absolute atomic E-state index is 1.22. The van der Waals surface area contributed by atoms with Gasteiger partial charge in [-0.25, -0.2) is 0 Å². The Bertz CT molecular complexity index is 44.0. The Morgan fingerprint density at radius 1 is 1.43 bits per heavy atom. The SMILES string of the molecule is C=CCl.CC=CCl. The summed E-state index contributed by atoms with van der Waals surface area (Å²) in [6, 6.07) is 0. The van der Waals surface area contributed by atoms with Crippen LogP contribution < -0.4 is 0 Å². The highest BCUT2D eigenvalue weighted by atomic mass is 35.5. The molecular weight excluding hydrogens is 131 g/mol. The summed E-state index contributed by atoms with van der Waals surface area (Å²) in [4.78, 5) is 0. The van der Waals surface area contributed by atoms with Crippen molar-refractivity contribution in [2.24, 2.45) is 0 Å². The third-order valence-electron chi connectivity index (χ3n) is 0.126. The van der Waals surface area contributed by atoms with Gasteiger partial charge in [-0.1, -0.05) is 35.9 Å². The third kappa shape index (κ3) is 88.9. The van der Waals surface area contributed by atoms with Crippen molar-refractivity contribution in [2.45, 2.75) is 6.92 Å². The molecule has 0 saturated carbocycles. The van der Waals surface area contributed by atoms with E-state index in [0.717, 1.165) is 0 Å². The van der Waals surface area contributed by atoms with Gasteiger partial charge < -0.3 is 0 Å². The first-order chi connectivity index (χ1) is 3.33. The van der Waals surface area contributed by atoms with Crippen LogP contribution in [0.25, 0.3) is 0 Å². The van der Waals surface area contributed by atoms with Crippen molar-refractivity contribution in [1.82, 2.24) is 0 Å². The van der Waals surface area contributed by atoms with Crippen molar-refractivity contribution >= 4 is 23.2 Å². The Kier molecular flexibility index (Phi) is 24.0. The van der Waals surface area contributed by atoms with Crippen molar-refractivity contribution < 1.29 is 0 Å². The summed E-state index contributed by atoms with van der Waals surface area (Å²) < 4.78 is 0. The molecule has 0 aromatic rings. The van der Waals surface area contributed by atoms with Gasteiger partial charge in [0.05, 0.1) is 0 Å². The topological polar surface area (TPSA) is 0 Å². The molecule has 7 heavy (non-hydrogen) atoms. The molecule has 0 N–H and O–H groups in total. The molecule has 0 bridgehead atoms. The lowest BCUT2D eigenvalue weighted by Gasteiger charge is -1.46. The smallest absolute Gasteiger partial charge is 0.0000330 e. The van der Waals surface area contributed by atoms with Gasteiger partial charge >= 0.3 is 0 Å². The predicted molar refractivity (Wildman–Crippen MR) is 36.7 cm³/mol. The molecule has 2 heteroatoms. The molecule has 0 aliphatic carbocycles. The molecule has 42 valence electrons. The van der Waals surface area contributed by atoms with Crippen LogP contribution in [-0.2, 0) is 0 Å². The van der Waals surface area contributed by atoms with Crippen molar-refractivity contribution in [3.63, 3.8) is 0 Å². The Labute approximate surface area is 54.4 Å². The summed E-state index contributed by atoms with van der Waals surface area (Å²) in [6.07, 6.45) is 1.77. The monoisotopic (exact) mass is 138 g/mol. The summed E-state index contributed by atoms with van der Waals surface area (Å²) in [7, 11) is 0. The van der Waals surface area contributed by atoms with E-state index >= 15 is 0 Å².